The van der Waals surface area contributed by atoms with E-state index in [-0.39, 0.29) is 17.6 Å². The van der Waals surface area contributed by atoms with Crippen LogP contribution >= 0.6 is 0 Å². The Balaban J connectivity index is 2.18. The first-order chi connectivity index (χ1) is 10.5. The Morgan fingerprint density at radius 3 is 2.68 bits per heavy atom. The van der Waals surface area contributed by atoms with E-state index in [2.05, 4.69) is 10.6 Å². The van der Waals surface area contributed by atoms with Gasteiger partial charge < -0.3 is 15.5 Å². The zero-order chi connectivity index (χ0) is 16.1. The maximum Gasteiger partial charge on any atom is 0.293 e. The van der Waals surface area contributed by atoms with Gasteiger partial charge >= 0.3 is 0 Å². The van der Waals surface area contributed by atoms with Gasteiger partial charge in [-0.2, -0.15) is 0 Å². The molecule has 0 spiro atoms. The second kappa shape index (κ2) is 7.22. The van der Waals surface area contributed by atoms with E-state index in [0.29, 0.717) is 17.8 Å². The second-order valence-corrected chi connectivity index (χ2v) is 5.55. The van der Waals surface area contributed by atoms with Crippen molar-refractivity contribution < 1.29 is 9.72 Å². The van der Waals surface area contributed by atoms with Crippen molar-refractivity contribution in [3.05, 3.63) is 33.9 Å². The fourth-order valence-corrected chi connectivity index (χ4v) is 2.49. The highest BCUT2D eigenvalue weighted by atomic mass is 16.6. The van der Waals surface area contributed by atoms with Crippen molar-refractivity contribution in [3.8, 4) is 0 Å². The smallest absolute Gasteiger partial charge is 0.293 e. The molecule has 1 aromatic carbocycles. The first-order valence-corrected chi connectivity index (χ1v) is 7.51. The normalized spacial score (nSPS) is 15.6. The number of carbonyl (C=O) groups is 1. The summed E-state index contributed by atoms with van der Waals surface area (Å²) in [5.74, 6) is -0.293. The summed E-state index contributed by atoms with van der Waals surface area (Å²) in [6, 6.07) is 4.84. The van der Waals surface area contributed by atoms with Crippen molar-refractivity contribution in [2.24, 2.45) is 0 Å². The molecule has 2 rings (SSSR count). The number of rotatable bonds is 6. The molecule has 0 radical (unpaired) electrons. The van der Waals surface area contributed by atoms with E-state index < -0.39 is 4.92 Å². The molecule has 120 valence electrons. The van der Waals surface area contributed by atoms with Crippen molar-refractivity contribution in [2.75, 3.05) is 31.6 Å². The number of nitro groups is 1. The Kier molecular flexibility index (Phi) is 5.32. The van der Waals surface area contributed by atoms with Crippen molar-refractivity contribution in [1.29, 1.82) is 0 Å². The molecule has 1 aromatic rings. The lowest BCUT2D eigenvalue weighted by atomic mass is 10.1. The second-order valence-electron chi connectivity index (χ2n) is 5.55. The Morgan fingerprint density at radius 1 is 1.41 bits per heavy atom. The third-order valence-corrected chi connectivity index (χ3v) is 3.94. The molecule has 1 saturated heterocycles. The largest absolute Gasteiger partial charge is 0.366 e. The number of nitrogens with one attached hydrogen (secondary N) is 2. The summed E-state index contributed by atoms with van der Waals surface area (Å²) < 4.78 is 0. The van der Waals surface area contributed by atoms with Gasteiger partial charge in [-0.05, 0) is 38.9 Å². The molecule has 22 heavy (non-hydrogen) atoms. The van der Waals surface area contributed by atoms with Gasteiger partial charge in [0.15, 0.2) is 0 Å². The summed E-state index contributed by atoms with van der Waals surface area (Å²) in [7, 11) is 1.81. The van der Waals surface area contributed by atoms with E-state index >= 15 is 0 Å². The molecule has 1 heterocycles. The molecule has 0 bridgehead atoms. The van der Waals surface area contributed by atoms with E-state index in [1.54, 1.807) is 12.1 Å². The monoisotopic (exact) mass is 306 g/mol. The third-order valence-electron chi connectivity index (χ3n) is 3.94. The Morgan fingerprint density at radius 2 is 2.09 bits per heavy atom. The molecular weight excluding hydrogens is 284 g/mol. The maximum absolute atomic E-state index is 12.1. The molecule has 0 aliphatic carbocycles. The van der Waals surface area contributed by atoms with E-state index in [1.807, 2.05) is 18.9 Å². The fraction of sp³-hybridized carbons (Fsp3) is 0.533. The van der Waals surface area contributed by atoms with E-state index in [4.69, 9.17) is 0 Å². The van der Waals surface area contributed by atoms with Gasteiger partial charge in [-0.3, -0.25) is 14.9 Å². The first kappa shape index (κ1) is 16.2. The average molecular weight is 306 g/mol. The predicted octanol–water partition coefficient (Wildman–Crippen LogP) is 1.53. The molecule has 1 aliphatic heterocycles. The van der Waals surface area contributed by atoms with E-state index in [9.17, 15) is 14.9 Å². The predicted molar refractivity (Wildman–Crippen MR) is 85.4 cm³/mol. The van der Waals surface area contributed by atoms with Crippen LogP contribution in [0.3, 0.4) is 0 Å². The van der Waals surface area contributed by atoms with Crippen LogP contribution in [-0.2, 0) is 0 Å². The van der Waals surface area contributed by atoms with Crippen LogP contribution in [0.5, 0.6) is 0 Å². The summed E-state index contributed by atoms with van der Waals surface area (Å²) in [5, 5.41) is 17.1. The third kappa shape index (κ3) is 3.73. The Labute approximate surface area is 129 Å². The van der Waals surface area contributed by atoms with Gasteiger partial charge in [0.05, 0.1) is 4.92 Å². The Hall–Kier alpha value is -2.15. The van der Waals surface area contributed by atoms with E-state index in [1.165, 1.54) is 6.07 Å². The summed E-state index contributed by atoms with van der Waals surface area (Å²) in [5.41, 5.74) is 0.914. The number of carbonyl (C=O) groups excluding carboxylic acids is 1. The molecule has 1 atom stereocenters. The molecule has 0 saturated carbocycles. The lowest BCUT2D eigenvalue weighted by Crippen LogP contribution is -2.37. The minimum absolute atomic E-state index is 0.00350. The number of nitro benzene ring substituents is 1. The molecule has 1 amide bonds. The van der Waals surface area contributed by atoms with Crippen molar-refractivity contribution in [1.82, 2.24) is 10.6 Å². The van der Waals surface area contributed by atoms with Gasteiger partial charge in [-0.1, -0.05) is 0 Å². The number of hydrogen-bond acceptors (Lipinski definition) is 5. The minimum Gasteiger partial charge on any atom is -0.366 e. The number of anilines is 1. The average Bonchev–Trinajstić information content (AvgIpc) is 3.05. The van der Waals surface area contributed by atoms with Crippen molar-refractivity contribution >= 4 is 17.3 Å². The fourth-order valence-electron chi connectivity index (χ4n) is 2.49. The zero-order valence-corrected chi connectivity index (χ0v) is 13.0. The number of nitrogens with zero attached hydrogens (tertiary/aromatic N) is 2. The van der Waals surface area contributed by atoms with Crippen LogP contribution in [0.15, 0.2) is 18.2 Å². The van der Waals surface area contributed by atoms with Crippen molar-refractivity contribution in [3.63, 3.8) is 0 Å². The van der Waals surface area contributed by atoms with E-state index in [0.717, 1.165) is 25.9 Å². The van der Waals surface area contributed by atoms with Crippen LogP contribution in [0, 0.1) is 10.1 Å². The lowest BCUT2D eigenvalue weighted by Gasteiger charge is -2.18. The summed E-state index contributed by atoms with van der Waals surface area (Å²) in [6.45, 7) is 4.06. The highest BCUT2D eigenvalue weighted by Gasteiger charge is 2.23. The summed E-state index contributed by atoms with van der Waals surface area (Å²) in [4.78, 5) is 25.0. The SMILES string of the molecule is CNC(C)CNC(=O)c1ccc(N2CCCC2)c([N+](=O)[O-])c1. The van der Waals surface area contributed by atoms with Crippen LogP contribution < -0.4 is 15.5 Å². The minimum atomic E-state index is -0.416. The number of likely N-dealkylation sites (N-methyl/N-ethyl adjacent to an activating group) is 1. The zero-order valence-electron chi connectivity index (χ0n) is 13.0. The van der Waals surface area contributed by atoms with Crippen LogP contribution in [-0.4, -0.2) is 43.6 Å². The van der Waals surface area contributed by atoms with Gasteiger partial charge in [0, 0.05) is 37.3 Å². The molecule has 0 aromatic heterocycles. The molecule has 2 N–H and O–H groups in total. The standard InChI is InChI=1S/C15H22N4O3/c1-11(16-2)10-17-15(20)12-5-6-13(14(9-12)19(21)22)18-7-3-4-8-18/h5-6,9,11,16H,3-4,7-8,10H2,1-2H3,(H,17,20). The van der Waals surface area contributed by atoms with Gasteiger partial charge in [0.2, 0.25) is 0 Å². The molecule has 1 unspecified atom stereocenters. The van der Waals surface area contributed by atoms with Crippen LogP contribution in [0.25, 0.3) is 0 Å². The molecule has 7 nitrogen and oxygen atoms in total. The van der Waals surface area contributed by atoms with Crippen molar-refractivity contribution in [2.45, 2.75) is 25.8 Å². The number of hydrogen-bond donors (Lipinski definition) is 2. The highest BCUT2D eigenvalue weighted by molar-refractivity contribution is 5.95. The van der Waals surface area contributed by atoms with Gasteiger partial charge in [-0.15, -0.1) is 0 Å². The van der Waals surface area contributed by atoms with Gasteiger partial charge in [0.1, 0.15) is 5.69 Å². The topological polar surface area (TPSA) is 87.5 Å². The van der Waals surface area contributed by atoms with Gasteiger partial charge in [0.25, 0.3) is 11.6 Å². The maximum atomic E-state index is 12.1. The van der Waals surface area contributed by atoms with Crippen LogP contribution in [0.1, 0.15) is 30.1 Å². The first-order valence-electron chi connectivity index (χ1n) is 7.51. The highest BCUT2D eigenvalue weighted by Crippen LogP contribution is 2.31. The quantitative estimate of drug-likeness (QED) is 0.615. The molecule has 1 fully saturated rings. The Bertz CT molecular complexity index is 556. The lowest BCUT2D eigenvalue weighted by molar-refractivity contribution is -0.384. The van der Waals surface area contributed by atoms with Crippen LogP contribution in [0.4, 0.5) is 11.4 Å². The summed E-state index contributed by atoms with van der Waals surface area (Å²) in [6.07, 6.45) is 2.09. The summed E-state index contributed by atoms with van der Waals surface area (Å²) >= 11 is 0. The molecular formula is C15H22N4O3. The van der Waals surface area contributed by atoms with Gasteiger partial charge in [-0.25, -0.2) is 0 Å². The molecule has 1 aliphatic rings. The number of amides is 1. The van der Waals surface area contributed by atoms with Crippen LogP contribution in [0.2, 0.25) is 0 Å². The molecule has 7 heteroatoms. The number of benzene rings is 1.